The van der Waals surface area contributed by atoms with Gasteiger partial charge in [0.25, 0.3) is 0 Å². The highest BCUT2D eigenvalue weighted by Gasteiger charge is 2.12. The van der Waals surface area contributed by atoms with Crippen LogP contribution in [0.1, 0.15) is 22.8 Å². The minimum absolute atomic E-state index is 0.403. The smallest absolute Gasteiger partial charge is 0.125 e. The zero-order valence-electron chi connectivity index (χ0n) is 11.6. The van der Waals surface area contributed by atoms with Crippen molar-refractivity contribution in [1.82, 2.24) is 14.5 Å². The number of hydrogen-bond donors (Lipinski definition) is 0. The molecule has 0 radical (unpaired) electrons. The molecule has 0 aliphatic rings. The number of aromatic nitrogens is 3. The number of aryl methyl sites for hydroxylation is 2. The maximum absolute atomic E-state index is 6.05. The van der Waals surface area contributed by atoms with Gasteiger partial charge in [0, 0.05) is 5.69 Å². The SMILES string of the molecule is Cc1cccc(Cn2c(CCl)nc3c(C)cccc32)n1. The topological polar surface area (TPSA) is 30.7 Å². The number of halogens is 1. The molecule has 3 rings (SSSR count). The first-order valence-corrected chi connectivity index (χ1v) is 7.15. The van der Waals surface area contributed by atoms with Gasteiger partial charge in [-0.3, -0.25) is 4.98 Å². The lowest BCUT2D eigenvalue weighted by Crippen LogP contribution is -2.05. The van der Waals surface area contributed by atoms with Crippen molar-refractivity contribution in [3.05, 3.63) is 59.2 Å². The van der Waals surface area contributed by atoms with E-state index in [1.54, 1.807) is 0 Å². The quantitative estimate of drug-likeness (QED) is 0.685. The summed E-state index contributed by atoms with van der Waals surface area (Å²) >= 11 is 6.05. The van der Waals surface area contributed by atoms with Gasteiger partial charge in [0.1, 0.15) is 5.82 Å². The number of fused-ring (bicyclic) bond motifs is 1. The predicted octanol–water partition coefficient (Wildman–Crippen LogP) is 3.84. The largest absolute Gasteiger partial charge is 0.321 e. The van der Waals surface area contributed by atoms with E-state index in [-0.39, 0.29) is 0 Å². The highest BCUT2D eigenvalue weighted by atomic mass is 35.5. The van der Waals surface area contributed by atoms with Crippen molar-refractivity contribution in [3.8, 4) is 0 Å². The molecule has 4 heteroatoms. The van der Waals surface area contributed by atoms with Gasteiger partial charge in [-0.1, -0.05) is 18.2 Å². The molecule has 0 N–H and O–H groups in total. The lowest BCUT2D eigenvalue weighted by molar-refractivity contribution is 0.755. The van der Waals surface area contributed by atoms with E-state index in [1.807, 2.05) is 25.1 Å². The second-order valence-corrected chi connectivity index (χ2v) is 5.23. The summed E-state index contributed by atoms with van der Waals surface area (Å²) in [4.78, 5) is 9.21. The fraction of sp³-hybridized carbons (Fsp3) is 0.250. The van der Waals surface area contributed by atoms with Crippen LogP contribution in [-0.2, 0) is 12.4 Å². The molecule has 0 saturated heterocycles. The Labute approximate surface area is 123 Å². The first-order chi connectivity index (χ1) is 9.69. The number of para-hydroxylation sites is 1. The van der Waals surface area contributed by atoms with Crippen LogP contribution in [0.25, 0.3) is 11.0 Å². The number of benzene rings is 1. The molecule has 102 valence electrons. The van der Waals surface area contributed by atoms with Crippen molar-refractivity contribution in [2.45, 2.75) is 26.3 Å². The van der Waals surface area contributed by atoms with Crippen molar-refractivity contribution in [1.29, 1.82) is 0 Å². The number of rotatable bonds is 3. The van der Waals surface area contributed by atoms with Crippen LogP contribution >= 0.6 is 11.6 Å². The normalized spacial score (nSPS) is 11.2. The number of nitrogens with zero attached hydrogens (tertiary/aromatic N) is 3. The van der Waals surface area contributed by atoms with Crippen LogP contribution in [0.2, 0.25) is 0 Å². The third-order valence-corrected chi connectivity index (χ3v) is 3.68. The summed E-state index contributed by atoms with van der Waals surface area (Å²) in [6.07, 6.45) is 0. The molecule has 0 unspecified atom stereocenters. The molecule has 0 saturated carbocycles. The van der Waals surface area contributed by atoms with E-state index in [9.17, 15) is 0 Å². The zero-order valence-corrected chi connectivity index (χ0v) is 12.4. The molecule has 0 aliphatic carbocycles. The van der Waals surface area contributed by atoms with E-state index in [0.29, 0.717) is 12.4 Å². The van der Waals surface area contributed by atoms with Crippen molar-refractivity contribution < 1.29 is 0 Å². The molecule has 0 fully saturated rings. The van der Waals surface area contributed by atoms with Crippen molar-refractivity contribution in [2.75, 3.05) is 0 Å². The van der Waals surface area contributed by atoms with E-state index in [0.717, 1.165) is 28.2 Å². The van der Waals surface area contributed by atoms with Crippen molar-refractivity contribution in [3.63, 3.8) is 0 Å². The Bertz CT molecular complexity index is 762. The Morgan fingerprint density at radius 2 is 1.85 bits per heavy atom. The Balaban J connectivity index is 2.12. The summed E-state index contributed by atoms with van der Waals surface area (Å²) < 4.78 is 2.15. The summed E-state index contributed by atoms with van der Waals surface area (Å²) in [6, 6.07) is 12.3. The second-order valence-electron chi connectivity index (χ2n) is 4.96. The third-order valence-electron chi connectivity index (χ3n) is 3.45. The van der Waals surface area contributed by atoms with Gasteiger partial charge in [0.15, 0.2) is 0 Å². The molecule has 2 heterocycles. The first-order valence-electron chi connectivity index (χ1n) is 6.62. The molecule has 0 atom stereocenters. The molecule has 2 aromatic heterocycles. The van der Waals surface area contributed by atoms with Gasteiger partial charge >= 0.3 is 0 Å². The molecular formula is C16H16ClN3. The highest BCUT2D eigenvalue weighted by Crippen LogP contribution is 2.21. The van der Waals surface area contributed by atoms with Crippen LogP contribution < -0.4 is 0 Å². The van der Waals surface area contributed by atoms with Crippen molar-refractivity contribution in [2.24, 2.45) is 0 Å². The van der Waals surface area contributed by atoms with Gasteiger partial charge in [0.2, 0.25) is 0 Å². The van der Waals surface area contributed by atoms with Gasteiger partial charge in [-0.05, 0) is 37.6 Å². The fourth-order valence-electron chi connectivity index (χ4n) is 2.46. The minimum Gasteiger partial charge on any atom is -0.321 e. The molecule has 20 heavy (non-hydrogen) atoms. The summed E-state index contributed by atoms with van der Waals surface area (Å²) in [5, 5.41) is 0. The molecule has 0 aliphatic heterocycles. The monoisotopic (exact) mass is 285 g/mol. The Morgan fingerprint density at radius 3 is 2.60 bits per heavy atom. The predicted molar refractivity (Wildman–Crippen MR) is 82.1 cm³/mol. The number of pyridine rings is 1. The molecule has 3 nitrogen and oxygen atoms in total. The minimum atomic E-state index is 0.403. The average Bonchev–Trinajstić information content (AvgIpc) is 2.79. The number of imidazole rings is 1. The van der Waals surface area contributed by atoms with Crippen LogP contribution in [0.4, 0.5) is 0 Å². The summed E-state index contributed by atoms with van der Waals surface area (Å²) in [7, 11) is 0. The Hall–Kier alpha value is -1.87. The van der Waals surface area contributed by atoms with Crippen molar-refractivity contribution >= 4 is 22.6 Å². The first kappa shape index (κ1) is 13.1. The maximum Gasteiger partial charge on any atom is 0.125 e. The lowest BCUT2D eigenvalue weighted by atomic mass is 10.2. The van der Waals surface area contributed by atoms with E-state index >= 15 is 0 Å². The molecule has 1 aromatic carbocycles. The third kappa shape index (κ3) is 2.29. The standard InChI is InChI=1S/C16H16ClN3/c1-11-5-3-8-14-16(11)19-15(9-17)20(14)10-13-7-4-6-12(2)18-13/h3-8H,9-10H2,1-2H3. The van der Waals surface area contributed by atoms with Crippen LogP contribution in [0, 0.1) is 13.8 Å². The second kappa shape index (κ2) is 5.25. The van der Waals surface area contributed by atoms with Gasteiger partial charge in [-0.15, -0.1) is 11.6 Å². The average molecular weight is 286 g/mol. The molecule has 0 amide bonds. The van der Waals surface area contributed by atoms with Crippen LogP contribution in [-0.4, -0.2) is 14.5 Å². The molecule has 0 spiro atoms. The Morgan fingerprint density at radius 1 is 1.05 bits per heavy atom. The van der Waals surface area contributed by atoms with E-state index in [4.69, 9.17) is 11.6 Å². The van der Waals surface area contributed by atoms with E-state index < -0.39 is 0 Å². The lowest BCUT2D eigenvalue weighted by Gasteiger charge is -2.08. The zero-order chi connectivity index (χ0) is 14.1. The van der Waals surface area contributed by atoms with Crippen LogP contribution in [0.15, 0.2) is 36.4 Å². The highest BCUT2D eigenvalue weighted by molar-refractivity contribution is 6.16. The van der Waals surface area contributed by atoms with Crippen LogP contribution in [0.3, 0.4) is 0 Å². The van der Waals surface area contributed by atoms with E-state index in [2.05, 4.69) is 39.7 Å². The van der Waals surface area contributed by atoms with Gasteiger partial charge in [0.05, 0.1) is 29.2 Å². The number of alkyl halides is 1. The van der Waals surface area contributed by atoms with Crippen LogP contribution in [0.5, 0.6) is 0 Å². The molecular weight excluding hydrogens is 270 g/mol. The summed E-state index contributed by atoms with van der Waals surface area (Å²) in [5.74, 6) is 1.29. The summed E-state index contributed by atoms with van der Waals surface area (Å²) in [6.45, 7) is 4.77. The van der Waals surface area contributed by atoms with Gasteiger partial charge in [-0.25, -0.2) is 4.98 Å². The molecule has 3 aromatic rings. The fourth-order valence-corrected chi connectivity index (χ4v) is 2.67. The van der Waals surface area contributed by atoms with Gasteiger partial charge < -0.3 is 4.57 Å². The molecule has 0 bridgehead atoms. The Kier molecular flexibility index (Phi) is 3.45. The van der Waals surface area contributed by atoms with E-state index in [1.165, 1.54) is 5.56 Å². The maximum atomic E-state index is 6.05. The summed E-state index contributed by atoms with van der Waals surface area (Å²) in [5.41, 5.74) is 5.36. The van der Waals surface area contributed by atoms with Gasteiger partial charge in [-0.2, -0.15) is 0 Å². The number of hydrogen-bond acceptors (Lipinski definition) is 2.